The number of nitrogens with one attached hydrogen (secondary N) is 1. The highest BCUT2D eigenvalue weighted by atomic mass is 16.6. The van der Waals surface area contributed by atoms with E-state index < -0.39 is 6.09 Å². The van der Waals surface area contributed by atoms with Crippen molar-refractivity contribution >= 4 is 23.5 Å². The summed E-state index contributed by atoms with van der Waals surface area (Å²) >= 11 is 0. The summed E-state index contributed by atoms with van der Waals surface area (Å²) in [6.45, 7) is 1.91. The van der Waals surface area contributed by atoms with Gasteiger partial charge in [0.1, 0.15) is 5.75 Å². The lowest BCUT2D eigenvalue weighted by Gasteiger charge is -2.10. The first-order chi connectivity index (χ1) is 10.6. The molecular weight excluding hydrogens is 284 g/mol. The lowest BCUT2D eigenvalue weighted by Crippen LogP contribution is -2.16. The maximum absolute atomic E-state index is 11.9. The Kier molecular flexibility index (Phi) is 4.90. The Bertz CT molecular complexity index is 737. The van der Waals surface area contributed by atoms with Gasteiger partial charge in [-0.15, -0.1) is 0 Å². The van der Waals surface area contributed by atoms with Crippen LogP contribution in [0.4, 0.5) is 16.2 Å². The molecule has 0 saturated carbocycles. The van der Waals surface area contributed by atoms with E-state index >= 15 is 0 Å². The average Bonchev–Trinajstić information content (AvgIpc) is 2.49. The molecule has 1 N–H and O–H groups in total. The van der Waals surface area contributed by atoms with Gasteiger partial charge >= 0.3 is 6.09 Å². The molecule has 112 valence electrons. The van der Waals surface area contributed by atoms with Crippen LogP contribution in [0.1, 0.15) is 5.56 Å². The number of aryl methyl sites for hydroxylation is 1. The van der Waals surface area contributed by atoms with Gasteiger partial charge in [0, 0.05) is 5.69 Å². The molecule has 6 nitrogen and oxygen atoms in total. The Morgan fingerprint density at radius 2 is 1.91 bits per heavy atom. The van der Waals surface area contributed by atoms with Gasteiger partial charge in [-0.25, -0.2) is 9.59 Å². The summed E-state index contributed by atoms with van der Waals surface area (Å²) in [6, 6.07) is 12.0. The van der Waals surface area contributed by atoms with E-state index in [1.165, 1.54) is 19.3 Å². The molecule has 0 aliphatic heterocycles. The lowest BCUT2D eigenvalue weighted by atomic mass is 10.2. The molecule has 0 radical (unpaired) electrons. The third-order valence-corrected chi connectivity index (χ3v) is 2.81. The molecule has 0 saturated heterocycles. The fourth-order valence-electron chi connectivity index (χ4n) is 1.87. The van der Waals surface area contributed by atoms with Gasteiger partial charge in [0.2, 0.25) is 6.08 Å². The molecule has 0 fully saturated rings. The second-order valence-corrected chi connectivity index (χ2v) is 4.39. The molecule has 2 aromatic rings. The first kappa shape index (κ1) is 15.3. The van der Waals surface area contributed by atoms with E-state index in [0.29, 0.717) is 11.4 Å². The second kappa shape index (κ2) is 7.06. The van der Waals surface area contributed by atoms with E-state index in [9.17, 15) is 9.59 Å². The number of nitrogens with zero attached hydrogens (tertiary/aromatic N) is 1. The first-order valence-electron chi connectivity index (χ1n) is 6.44. The van der Waals surface area contributed by atoms with Crippen LogP contribution in [0.25, 0.3) is 0 Å². The number of amides is 1. The number of benzene rings is 2. The molecule has 0 bridgehead atoms. The molecule has 0 aliphatic carbocycles. The van der Waals surface area contributed by atoms with E-state index in [-0.39, 0.29) is 11.4 Å². The van der Waals surface area contributed by atoms with Crippen molar-refractivity contribution in [3.05, 3.63) is 48.0 Å². The summed E-state index contributed by atoms with van der Waals surface area (Å²) in [5, 5.41) is 2.60. The third kappa shape index (κ3) is 3.71. The molecule has 0 atom stereocenters. The molecule has 1 amide bonds. The molecule has 2 rings (SSSR count). The normalized spacial score (nSPS) is 9.55. The minimum atomic E-state index is -0.693. The van der Waals surface area contributed by atoms with Gasteiger partial charge in [-0.05, 0) is 36.8 Å². The highest BCUT2D eigenvalue weighted by Gasteiger charge is 2.13. The Labute approximate surface area is 127 Å². The summed E-state index contributed by atoms with van der Waals surface area (Å²) in [4.78, 5) is 26.0. The zero-order valence-corrected chi connectivity index (χ0v) is 12.1. The monoisotopic (exact) mass is 298 g/mol. The van der Waals surface area contributed by atoms with Crippen molar-refractivity contribution in [1.82, 2.24) is 0 Å². The predicted molar refractivity (Wildman–Crippen MR) is 81.6 cm³/mol. The minimum absolute atomic E-state index is 0.104. The van der Waals surface area contributed by atoms with Gasteiger partial charge in [-0.2, -0.15) is 4.99 Å². The fraction of sp³-hybridized carbons (Fsp3) is 0.125. The van der Waals surface area contributed by atoms with E-state index in [2.05, 4.69) is 10.3 Å². The summed E-state index contributed by atoms with van der Waals surface area (Å²) in [5.74, 6) is 0.414. The smallest absolute Gasteiger partial charge is 0.417 e. The number of hydrogen-bond donors (Lipinski definition) is 1. The van der Waals surface area contributed by atoms with Gasteiger partial charge in [-0.1, -0.05) is 18.2 Å². The number of hydrogen-bond acceptors (Lipinski definition) is 5. The Morgan fingerprint density at radius 1 is 1.18 bits per heavy atom. The van der Waals surface area contributed by atoms with Crippen LogP contribution in [0.5, 0.6) is 11.5 Å². The van der Waals surface area contributed by atoms with E-state index in [1.54, 1.807) is 24.3 Å². The SMILES string of the molecule is COc1cccc(OC(=O)Nc2cccc(C)c2)c1N=C=O. The molecule has 2 aromatic carbocycles. The third-order valence-electron chi connectivity index (χ3n) is 2.81. The maximum atomic E-state index is 11.9. The highest BCUT2D eigenvalue weighted by Crippen LogP contribution is 2.36. The van der Waals surface area contributed by atoms with E-state index in [4.69, 9.17) is 9.47 Å². The van der Waals surface area contributed by atoms with E-state index in [0.717, 1.165) is 5.56 Å². The Hall–Kier alpha value is -3.11. The van der Waals surface area contributed by atoms with Gasteiger partial charge < -0.3 is 9.47 Å². The maximum Gasteiger partial charge on any atom is 0.417 e. The quantitative estimate of drug-likeness (QED) is 0.691. The van der Waals surface area contributed by atoms with Gasteiger partial charge in [-0.3, -0.25) is 5.32 Å². The molecule has 6 heteroatoms. The van der Waals surface area contributed by atoms with Gasteiger partial charge in [0.05, 0.1) is 7.11 Å². The number of carbonyl (C=O) groups is 1. The summed E-state index contributed by atoms with van der Waals surface area (Å²) in [7, 11) is 1.43. The minimum Gasteiger partial charge on any atom is -0.494 e. The Morgan fingerprint density at radius 3 is 2.59 bits per heavy atom. The molecule has 0 unspecified atom stereocenters. The van der Waals surface area contributed by atoms with Gasteiger partial charge in [0.15, 0.2) is 11.4 Å². The number of methoxy groups -OCH3 is 1. The van der Waals surface area contributed by atoms with Crippen LogP contribution in [0, 0.1) is 6.92 Å². The van der Waals surface area contributed by atoms with Crippen molar-refractivity contribution in [2.24, 2.45) is 4.99 Å². The molecule has 0 heterocycles. The highest BCUT2D eigenvalue weighted by molar-refractivity contribution is 5.87. The van der Waals surface area contributed by atoms with Crippen LogP contribution >= 0.6 is 0 Å². The zero-order valence-electron chi connectivity index (χ0n) is 12.1. The van der Waals surface area contributed by atoms with Crippen LogP contribution < -0.4 is 14.8 Å². The number of carbonyl (C=O) groups excluding carboxylic acids is 2. The first-order valence-corrected chi connectivity index (χ1v) is 6.44. The summed E-state index contributed by atoms with van der Waals surface area (Å²) in [6.07, 6.45) is 0.719. The molecule has 0 aromatic heterocycles. The van der Waals surface area contributed by atoms with Crippen molar-refractivity contribution in [2.75, 3.05) is 12.4 Å². The summed E-state index contributed by atoms with van der Waals surface area (Å²) in [5.41, 5.74) is 1.72. The number of rotatable bonds is 4. The number of para-hydroxylation sites is 1. The predicted octanol–water partition coefficient (Wildman–Crippen LogP) is 3.58. The average molecular weight is 298 g/mol. The van der Waals surface area contributed by atoms with Crippen LogP contribution in [0.3, 0.4) is 0 Å². The summed E-state index contributed by atoms with van der Waals surface area (Å²) < 4.78 is 10.3. The van der Waals surface area contributed by atoms with Gasteiger partial charge in [0.25, 0.3) is 0 Å². The number of ether oxygens (including phenoxy) is 2. The van der Waals surface area contributed by atoms with Crippen molar-refractivity contribution in [2.45, 2.75) is 6.92 Å². The van der Waals surface area contributed by atoms with Crippen LogP contribution in [-0.4, -0.2) is 19.3 Å². The number of aliphatic imine (C=N–C) groups is 1. The van der Waals surface area contributed by atoms with E-state index in [1.807, 2.05) is 19.1 Å². The van der Waals surface area contributed by atoms with Crippen LogP contribution in [0.15, 0.2) is 47.5 Å². The molecular formula is C16H14N2O4. The zero-order chi connectivity index (χ0) is 15.9. The standard InChI is InChI=1S/C16H14N2O4/c1-11-5-3-6-12(9-11)18-16(20)22-14-8-4-7-13(21-2)15(14)17-10-19/h3-9H,1-2H3,(H,18,20). The molecule has 0 aliphatic rings. The van der Waals surface area contributed by atoms with Crippen molar-refractivity contribution in [3.8, 4) is 11.5 Å². The molecule has 22 heavy (non-hydrogen) atoms. The molecule has 0 spiro atoms. The topological polar surface area (TPSA) is 77.0 Å². The second-order valence-electron chi connectivity index (χ2n) is 4.39. The van der Waals surface area contributed by atoms with Crippen molar-refractivity contribution in [1.29, 1.82) is 0 Å². The van der Waals surface area contributed by atoms with Crippen molar-refractivity contribution < 1.29 is 19.1 Å². The Balaban J connectivity index is 2.19. The van der Waals surface area contributed by atoms with Crippen molar-refractivity contribution in [3.63, 3.8) is 0 Å². The lowest BCUT2D eigenvalue weighted by molar-refractivity contribution is 0.215. The number of anilines is 1. The largest absolute Gasteiger partial charge is 0.494 e. The fourth-order valence-corrected chi connectivity index (χ4v) is 1.87. The van der Waals surface area contributed by atoms with Crippen LogP contribution in [0.2, 0.25) is 0 Å². The van der Waals surface area contributed by atoms with Crippen LogP contribution in [-0.2, 0) is 4.79 Å². The number of isocyanates is 1.